The van der Waals surface area contributed by atoms with Gasteiger partial charge in [0.05, 0.1) is 0 Å². The van der Waals surface area contributed by atoms with E-state index in [2.05, 4.69) is 29.1 Å². The van der Waals surface area contributed by atoms with Crippen molar-refractivity contribution in [2.45, 2.75) is 58.4 Å². The smallest absolute Gasteiger partial charge is 0.107 e. The molecule has 1 unspecified atom stereocenters. The summed E-state index contributed by atoms with van der Waals surface area (Å²) in [7, 11) is 0. The van der Waals surface area contributed by atoms with Gasteiger partial charge in [0.25, 0.3) is 0 Å². The first-order valence-corrected chi connectivity index (χ1v) is 7.51. The number of hydrogen-bond donors (Lipinski definition) is 2. The zero-order valence-electron chi connectivity index (χ0n) is 11.8. The molecule has 0 amide bonds. The fourth-order valence-electron chi connectivity index (χ4n) is 3.04. The van der Waals surface area contributed by atoms with Gasteiger partial charge in [-0.05, 0) is 37.6 Å². The van der Waals surface area contributed by atoms with Gasteiger partial charge < -0.3 is 10.3 Å². The van der Waals surface area contributed by atoms with Crippen molar-refractivity contribution in [3.05, 3.63) is 18.2 Å². The minimum atomic E-state index is 0.601. The van der Waals surface area contributed by atoms with Gasteiger partial charge in [-0.1, -0.05) is 26.7 Å². The van der Waals surface area contributed by atoms with Crippen molar-refractivity contribution in [3.8, 4) is 0 Å². The number of nitrogens with zero attached hydrogens (tertiary/aromatic N) is 1. The molecule has 0 spiro atoms. The SMILES string of the molecule is CCCNC(Cc1ncc[nH]1)C1CCC(C)CC1. The molecule has 0 aromatic carbocycles. The molecule has 1 aliphatic carbocycles. The van der Waals surface area contributed by atoms with E-state index < -0.39 is 0 Å². The van der Waals surface area contributed by atoms with Crippen LogP contribution in [0.2, 0.25) is 0 Å². The van der Waals surface area contributed by atoms with Crippen LogP contribution in [-0.4, -0.2) is 22.6 Å². The minimum Gasteiger partial charge on any atom is -0.349 e. The number of imidazole rings is 1. The topological polar surface area (TPSA) is 40.7 Å². The normalized spacial score (nSPS) is 26.1. The predicted molar refractivity (Wildman–Crippen MR) is 75.5 cm³/mol. The Hall–Kier alpha value is -0.830. The number of H-pyrrole nitrogens is 1. The molecule has 1 aliphatic rings. The molecule has 2 N–H and O–H groups in total. The summed E-state index contributed by atoms with van der Waals surface area (Å²) < 4.78 is 0. The van der Waals surface area contributed by atoms with E-state index in [1.165, 1.54) is 32.1 Å². The third-order valence-corrected chi connectivity index (χ3v) is 4.25. The molecule has 1 fully saturated rings. The van der Waals surface area contributed by atoms with Crippen LogP contribution in [0.5, 0.6) is 0 Å². The summed E-state index contributed by atoms with van der Waals surface area (Å²) in [5, 5.41) is 3.73. The molecule has 1 heterocycles. The van der Waals surface area contributed by atoms with Crippen LogP contribution < -0.4 is 5.32 Å². The lowest BCUT2D eigenvalue weighted by molar-refractivity contribution is 0.227. The van der Waals surface area contributed by atoms with Gasteiger partial charge in [0.15, 0.2) is 0 Å². The zero-order chi connectivity index (χ0) is 12.8. The average Bonchev–Trinajstić information content (AvgIpc) is 2.88. The maximum Gasteiger partial charge on any atom is 0.107 e. The highest BCUT2D eigenvalue weighted by atomic mass is 14.9. The Balaban J connectivity index is 1.91. The molecule has 3 nitrogen and oxygen atoms in total. The summed E-state index contributed by atoms with van der Waals surface area (Å²) >= 11 is 0. The first-order valence-electron chi connectivity index (χ1n) is 7.51. The van der Waals surface area contributed by atoms with Gasteiger partial charge in [-0.15, -0.1) is 0 Å². The fraction of sp³-hybridized carbons (Fsp3) is 0.800. The molecule has 1 aromatic rings. The summed E-state index contributed by atoms with van der Waals surface area (Å²) in [4.78, 5) is 7.62. The molecule has 102 valence electrons. The van der Waals surface area contributed by atoms with Crippen molar-refractivity contribution in [2.24, 2.45) is 11.8 Å². The van der Waals surface area contributed by atoms with Gasteiger partial charge in [0, 0.05) is 24.9 Å². The Bertz CT molecular complexity index is 312. The van der Waals surface area contributed by atoms with E-state index in [0.717, 1.165) is 30.6 Å². The van der Waals surface area contributed by atoms with E-state index in [4.69, 9.17) is 0 Å². The van der Waals surface area contributed by atoms with E-state index >= 15 is 0 Å². The third kappa shape index (κ3) is 3.84. The van der Waals surface area contributed by atoms with E-state index in [1.807, 2.05) is 12.4 Å². The first kappa shape index (κ1) is 13.6. The number of aromatic amines is 1. The van der Waals surface area contributed by atoms with Crippen LogP contribution >= 0.6 is 0 Å². The van der Waals surface area contributed by atoms with Crippen molar-refractivity contribution >= 4 is 0 Å². The summed E-state index contributed by atoms with van der Waals surface area (Å²) in [6.45, 7) is 5.74. The van der Waals surface area contributed by atoms with Crippen LogP contribution in [0, 0.1) is 11.8 Å². The van der Waals surface area contributed by atoms with Gasteiger partial charge in [-0.25, -0.2) is 4.98 Å². The van der Waals surface area contributed by atoms with E-state index in [1.54, 1.807) is 0 Å². The maximum absolute atomic E-state index is 4.38. The van der Waals surface area contributed by atoms with Gasteiger partial charge in [-0.3, -0.25) is 0 Å². The largest absolute Gasteiger partial charge is 0.349 e. The number of rotatable bonds is 6. The quantitative estimate of drug-likeness (QED) is 0.813. The van der Waals surface area contributed by atoms with Crippen molar-refractivity contribution < 1.29 is 0 Å². The van der Waals surface area contributed by atoms with Gasteiger partial charge in [0.1, 0.15) is 5.82 Å². The van der Waals surface area contributed by atoms with Gasteiger partial charge >= 0.3 is 0 Å². The molecule has 3 heteroatoms. The van der Waals surface area contributed by atoms with Crippen LogP contribution in [-0.2, 0) is 6.42 Å². The standard InChI is InChI=1S/C15H27N3/c1-3-8-16-14(11-15-17-9-10-18-15)13-6-4-12(2)5-7-13/h9-10,12-14,16H,3-8,11H2,1-2H3,(H,17,18). The molecule has 0 radical (unpaired) electrons. The molecular formula is C15H27N3. The van der Waals surface area contributed by atoms with E-state index in [-0.39, 0.29) is 0 Å². The first-order chi connectivity index (χ1) is 8.79. The summed E-state index contributed by atoms with van der Waals surface area (Å²) in [5.41, 5.74) is 0. The van der Waals surface area contributed by atoms with Crippen molar-refractivity contribution in [1.29, 1.82) is 0 Å². The molecule has 1 aromatic heterocycles. The van der Waals surface area contributed by atoms with Crippen LogP contribution in [0.15, 0.2) is 12.4 Å². The van der Waals surface area contributed by atoms with E-state index in [9.17, 15) is 0 Å². The van der Waals surface area contributed by atoms with Crippen molar-refractivity contribution in [2.75, 3.05) is 6.54 Å². The Kier molecular flexibility index (Phi) is 5.24. The van der Waals surface area contributed by atoms with Gasteiger partial charge in [-0.2, -0.15) is 0 Å². The monoisotopic (exact) mass is 249 g/mol. The molecule has 1 atom stereocenters. The maximum atomic E-state index is 4.38. The fourth-order valence-corrected chi connectivity index (χ4v) is 3.04. The minimum absolute atomic E-state index is 0.601. The second-order valence-corrected chi connectivity index (χ2v) is 5.82. The zero-order valence-corrected chi connectivity index (χ0v) is 11.8. The summed E-state index contributed by atoms with van der Waals surface area (Å²) in [6.07, 6.45) is 11.6. The van der Waals surface area contributed by atoms with Crippen molar-refractivity contribution in [1.82, 2.24) is 15.3 Å². The molecule has 0 bridgehead atoms. The lowest BCUT2D eigenvalue weighted by atomic mass is 9.78. The average molecular weight is 249 g/mol. The highest BCUT2D eigenvalue weighted by Crippen LogP contribution is 2.31. The van der Waals surface area contributed by atoms with Crippen molar-refractivity contribution in [3.63, 3.8) is 0 Å². The van der Waals surface area contributed by atoms with Gasteiger partial charge in [0.2, 0.25) is 0 Å². The molecule has 1 saturated carbocycles. The Morgan fingerprint density at radius 1 is 1.39 bits per heavy atom. The number of nitrogens with one attached hydrogen (secondary N) is 2. The number of hydrogen-bond acceptors (Lipinski definition) is 2. The second-order valence-electron chi connectivity index (χ2n) is 5.82. The van der Waals surface area contributed by atoms with Crippen LogP contribution in [0.25, 0.3) is 0 Å². The predicted octanol–water partition coefficient (Wildman–Crippen LogP) is 3.15. The molecule has 18 heavy (non-hydrogen) atoms. The Morgan fingerprint density at radius 2 is 2.17 bits per heavy atom. The lowest BCUT2D eigenvalue weighted by Gasteiger charge is -2.33. The highest BCUT2D eigenvalue weighted by Gasteiger charge is 2.26. The highest BCUT2D eigenvalue weighted by molar-refractivity contribution is 4.94. The summed E-state index contributed by atoms with van der Waals surface area (Å²) in [5.74, 6) is 2.89. The third-order valence-electron chi connectivity index (χ3n) is 4.25. The van der Waals surface area contributed by atoms with Crippen LogP contribution in [0.3, 0.4) is 0 Å². The van der Waals surface area contributed by atoms with Crippen LogP contribution in [0.1, 0.15) is 51.8 Å². The lowest BCUT2D eigenvalue weighted by Crippen LogP contribution is -2.40. The molecule has 0 aliphatic heterocycles. The second kappa shape index (κ2) is 6.93. The van der Waals surface area contributed by atoms with Crippen LogP contribution in [0.4, 0.5) is 0 Å². The molecular weight excluding hydrogens is 222 g/mol. The number of aromatic nitrogens is 2. The summed E-state index contributed by atoms with van der Waals surface area (Å²) in [6, 6.07) is 0.601. The molecule has 0 saturated heterocycles. The van der Waals surface area contributed by atoms with E-state index in [0.29, 0.717) is 6.04 Å². The Labute approximate surface area is 111 Å². The molecule has 2 rings (SSSR count). The Morgan fingerprint density at radius 3 is 2.78 bits per heavy atom.